The smallest absolute Gasteiger partial charge is 0.416 e. The Kier molecular flexibility index (Phi) is 8.20. The molecule has 1 aliphatic rings. The summed E-state index contributed by atoms with van der Waals surface area (Å²) >= 11 is 6.26. The zero-order chi connectivity index (χ0) is 29.4. The lowest BCUT2D eigenvalue weighted by Gasteiger charge is -2.32. The fourth-order valence-corrected chi connectivity index (χ4v) is 4.71. The van der Waals surface area contributed by atoms with Crippen molar-refractivity contribution in [2.24, 2.45) is 7.05 Å². The molecule has 0 aliphatic carbocycles. The Bertz CT molecular complexity index is 1340. The number of aryl methyl sites for hydroxylation is 1. The van der Waals surface area contributed by atoms with Gasteiger partial charge in [-0.25, -0.2) is 4.79 Å². The van der Waals surface area contributed by atoms with Crippen molar-refractivity contribution < 1.29 is 35.9 Å². The third-order valence-corrected chi connectivity index (χ3v) is 6.42. The summed E-state index contributed by atoms with van der Waals surface area (Å²) in [4.78, 5) is 17.0. The number of carbonyl (C=O) groups excluding carboxylic acids is 1. The molecule has 1 aliphatic heterocycles. The first-order valence-corrected chi connectivity index (χ1v) is 12.6. The molecule has 15 heteroatoms. The number of hydrogen-bond acceptors (Lipinski definition) is 6. The van der Waals surface area contributed by atoms with Crippen LogP contribution < -0.4 is 9.80 Å². The van der Waals surface area contributed by atoms with E-state index in [1.165, 1.54) is 16.8 Å². The van der Waals surface area contributed by atoms with Crippen LogP contribution in [0.25, 0.3) is 0 Å². The van der Waals surface area contributed by atoms with Crippen molar-refractivity contribution in [2.45, 2.75) is 57.7 Å². The lowest BCUT2D eigenvalue weighted by atomic mass is 9.98. The second-order valence-corrected chi connectivity index (χ2v) is 10.0. The van der Waals surface area contributed by atoms with Gasteiger partial charge < -0.3 is 9.64 Å². The van der Waals surface area contributed by atoms with Gasteiger partial charge in [-0.05, 0) is 73.4 Å². The van der Waals surface area contributed by atoms with Gasteiger partial charge in [-0.3, -0.25) is 4.90 Å². The van der Waals surface area contributed by atoms with E-state index in [4.69, 9.17) is 16.3 Å². The van der Waals surface area contributed by atoms with Gasteiger partial charge >= 0.3 is 18.4 Å². The number of nitrogens with zero attached hydrogens (tertiary/aromatic N) is 6. The third-order valence-electron chi connectivity index (χ3n) is 6.19. The van der Waals surface area contributed by atoms with Crippen LogP contribution in [-0.2, 0) is 30.7 Å². The number of halogens is 7. The fourth-order valence-electron chi connectivity index (χ4n) is 4.55. The molecule has 1 atom stereocenters. The second-order valence-electron chi connectivity index (χ2n) is 9.57. The van der Waals surface area contributed by atoms with Crippen LogP contribution in [0.3, 0.4) is 0 Å². The number of alkyl halides is 6. The monoisotopic (exact) mass is 590 g/mol. The van der Waals surface area contributed by atoms with Gasteiger partial charge in [0.05, 0.1) is 36.0 Å². The number of hydrogen-bond donors (Lipinski definition) is 0. The Morgan fingerprint density at radius 3 is 2.30 bits per heavy atom. The van der Waals surface area contributed by atoms with Gasteiger partial charge in [0.25, 0.3) is 5.95 Å². The number of tetrazole rings is 1. The van der Waals surface area contributed by atoms with E-state index in [1.807, 2.05) is 0 Å². The van der Waals surface area contributed by atoms with E-state index in [0.29, 0.717) is 41.2 Å². The normalized spacial score (nSPS) is 16.1. The summed E-state index contributed by atoms with van der Waals surface area (Å²) in [5, 5.41) is 12.3. The summed E-state index contributed by atoms with van der Waals surface area (Å²) in [6, 6.07) is 5.55. The molecule has 2 heterocycles. The highest BCUT2D eigenvalue weighted by Gasteiger charge is 2.38. The highest BCUT2D eigenvalue weighted by atomic mass is 35.5. The molecule has 3 aromatic rings. The average Bonchev–Trinajstić information content (AvgIpc) is 3.18. The van der Waals surface area contributed by atoms with Crippen molar-refractivity contribution in [3.63, 3.8) is 0 Å². The van der Waals surface area contributed by atoms with Crippen molar-refractivity contribution in [3.8, 4) is 0 Å². The van der Waals surface area contributed by atoms with Gasteiger partial charge in [-0.2, -0.15) is 31.1 Å². The topological polar surface area (TPSA) is 76.4 Å². The maximum Gasteiger partial charge on any atom is 0.416 e. The molecule has 0 spiro atoms. The van der Waals surface area contributed by atoms with E-state index in [9.17, 15) is 31.1 Å². The van der Waals surface area contributed by atoms with Crippen LogP contribution in [0.1, 0.15) is 55.0 Å². The van der Waals surface area contributed by atoms with Gasteiger partial charge in [-0.15, -0.1) is 5.10 Å². The van der Waals surface area contributed by atoms with Crippen LogP contribution in [0, 0.1) is 0 Å². The lowest BCUT2D eigenvalue weighted by Crippen LogP contribution is -2.34. The number of ether oxygens (including phenoxy) is 1. The molecule has 8 nitrogen and oxygen atoms in total. The molecule has 0 fully saturated rings. The molecule has 0 saturated heterocycles. The molecule has 0 bridgehead atoms. The average molecular weight is 591 g/mol. The lowest BCUT2D eigenvalue weighted by molar-refractivity contribution is -0.143. The first kappa shape index (κ1) is 29.4. The fraction of sp³-hybridized carbons (Fsp3) is 0.440. The van der Waals surface area contributed by atoms with E-state index < -0.39 is 48.3 Å². The zero-order valence-corrected chi connectivity index (χ0v) is 22.3. The highest BCUT2D eigenvalue weighted by Crippen LogP contribution is 2.42. The third kappa shape index (κ3) is 6.60. The Morgan fingerprint density at radius 2 is 1.75 bits per heavy atom. The summed E-state index contributed by atoms with van der Waals surface area (Å²) in [7, 11) is 1.48. The number of aromatic nitrogens is 4. The molecule has 0 saturated carbocycles. The highest BCUT2D eigenvalue weighted by molar-refractivity contribution is 6.31. The van der Waals surface area contributed by atoms with E-state index in [-0.39, 0.29) is 24.1 Å². The van der Waals surface area contributed by atoms with Crippen molar-refractivity contribution in [1.29, 1.82) is 0 Å². The minimum absolute atomic E-state index is 0.0161. The molecule has 0 N–H and O–H groups in total. The molecule has 40 heavy (non-hydrogen) atoms. The van der Waals surface area contributed by atoms with Gasteiger partial charge in [0, 0.05) is 18.1 Å². The van der Waals surface area contributed by atoms with Gasteiger partial charge in [0.1, 0.15) is 0 Å². The summed E-state index contributed by atoms with van der Waals surface area (Å²) in [5.74, 6) is -0.0161. The van der Waals surface area contributed by atoms with Crippen LogP contribution in [0.15, 0.2) is 36.4 Å². The predicted octanol–water partition coefficient (Wildman–Crippen LogP) is 6.79. The Morgan fingerprint density at radius 1 is 1.10 bits per heavy atom. The molecule has 1 amide bonds. The Labute approximate surface area is 230 Å². The van der Waals surface area contributed by atoms with Crippen LogP contribution in [0.4, 0.5) is 42.8 Å². The van der Waals surface area contributed by atoms with E-state index in [1.54, 1.807) is 32.0 Å². The Balaban J connectivity index is 1.84. The molecule has 1 unspecified atom stereocenters. The summed E-state index contributed by atoms with van der Waals surface area (Å²) in [5.41, 5.74) is -2.18. The number of rotatable bonds is 5. The zero-order valence-electron chi connectivity index (χ0n) is 21.6. The molecule has 2 aromatic carbocycles. The summed E-state index contributed by atoms with van der Waals surface area (Å²) in [6.07, 6.45) is -10.3. The molecular weight excluding hydrogens is 566 g/mol. The minimum atomic E-state index is -5.01. The number of benzene rings is 2. The number of amides is 1. The first-order chi connectivity index (χ1) is 18.6. The van der Waals surface area contributed by atoms with Gasteiger partial charge in [0.15, 0.2) is 0 Å². The van der Waals surface area contributed by atoms with Crippen LogP contribution in [0.2, 0.25) is 5.02 Å². The standard InChI is InChI=1S/C25H25ClF6N6O2/c1-14(2)40-23(39)37-8-4-5-20(19-7-6-18(26)12-21(19)37)38(22-33-35-36(3)34-22)13-15-9-16(24(27,28)29)11-17(10-15)25(30,31)32/h6-7,9-12,14,20H,4-5,8,13H2,1-3H3. The largest absolute Gasteiger partial charge is 0.446 e. The number of anilines is 2. The van der Waals surface area contributed by atoms with Crippen molar-refractivity contribution >= 4 is 29.3 Å². The molecule has 0 radical (unpaired) electrons. The van der Waals surface area contributed by atoms with Crippen molar-refractivity contribution in [1.82, 2.24) is 20.2 Å². The second kappa shape index (κ2) is 11.1. The van der Waals surface area contributed by atoms with Crippen LogP contribution in [-0.4, -0.2) is 38.9 Å². The van der Waals surface area contributed by atoms with Crippen molar-refractivity contribution in [2.75, 3.05) is 16.3 Å². The van der Waals surface area contributed by atoms with E-state index >= 15 is 0 Å². The predicted molar refractivity (Wildman–Crippen MR) is 134 cm³/mol. The minimum Gasteiger partial charge on any atom is -0.446 e. The number of carbonyl (C=O) groups is 1. The molecular formula is C25H25ClF6N6O2. The maximum absolute atomic E-state index is 13.6. The van der Waals surface area contributed by atoms with E-state index in [0.717, 1.165) is 4.80 Å². The number of fused-ring (bicyclic) bond motifs is 1. The summed E-state index contributed by atoms with van der Waals surface area (Å²) in [6.45, 7) is 3.22. The van der Waals surface area contributed by atoms with Crippen molar-refractivity contribution in [3.05, 3.63) is 63.7 Å². The quantitative estimate of drug-likeness (QED) is 0.305. The van der Waals surface area contributed by atoms with Crippen LogP contribution in [0.5, 0.6) is 0 Å². The molecule has 216 valence electrons. The Hall–Kier alpha value is -3.55. The first-order valence-electron chi connectivity index (χ1n) is 12.2. The van der Waals surface area contributed by atoms with Crippen LogP contribution >= 0.6 is 11.6 Å². The van der Waals surface area contributed by atoms with Gasteiger partial charge in [0.2, 0.25) is 0 Å². The molecule has 4 rings (SSSR count). The SMILES string of the molecule is CC(C)OC(=O)N1CCCC(N(Cc2cc(C(F)(F)F)cc(C(F)(F)F)c2)c2nnn(C)n2)c2ccc(Cl)cc21. The summed E-state index contributed by atoms with van der Waals surface area (Å²) < 4.78 is 86.8. The van der Waals surface area contributed by atoms with Gasteiger partial charge in [-0.1, -0.05) is 22.8 Å². The molecule has 1 aromatic heterocycles. The van der Waals surface area contributed by atoms with E-state index in [2.05, 4.69) is 15.4 Å². The maximum atomic E-state index is 13.6.